The average molecular weight is 334 g/mol. The van der Waals surface area contributed by atoms with E-state index in [2.05, 4.69) is 40.3 Å². The monoisotopic (exact) mass is 333 g/mol. The summed E-state index contributed by atoms with van der Waals surface area (Å²) in [5.41, 5.74) is 3.59. The quantitative estimate of drug-likeness (QED) is 0.856. The second-order valence-electron chi connectivity index (χ2n) is 4.51. The van der Waals surface area contributed by atoms with Gasteiger partial charge in [0.1, 0.15) is 0 Å². The van der Waals surface area contributed by atoms with E-state index in [0.717, 1.165) is 16.6 Å². The molecule has 0 atom stereocenters. The van der Waals surface area contributed by atoms with E-state index >= 15 is 0 Å². The molecular formula is C16H16BrNO2. The molecule has 3 nitrogen and oxygen atoms in total. The van der Waals surface area contributed by atoms with E-state index in [1.165, 1.54) is 11.1 Å². The molecule has 0 bridgehead atoms. The van der Waals surface area contributed by atoms with Gasteiger partial charge in [-0.15, -0.1) is 0 Å². The molecule has 2 rings (SSSR count). The Morgan fingerprint density at radius 3 is 2.55 bits per heavy atom. The molecule has 0 aromatic heterocycles. The number of aromatic carboxylic acids is 1. The van der Waals surface area contributed by atoms with Crippen molar-refractivity contribution in [2.24, 2.45) is 0 Å². The molecule has 0 aliphatic rings. The lowest BCUT2D eigenvalue weighted by molar-refractivity contribution is 0.0697. The molecule has 0 spiro atoms. The van der Waals surface area contributed by atoms with Crippen LogP contribution in [0.5, 0.6) is 0 Å². The van der Waals surface area contributed by atoms with Gasteiger partial charge in [-0.05, 0) is 35.7 Å². The highest BCUT2D eigenvalue weighted by atomic mass is 79.9. The van der Waals surface area contributed by atoms with Crippen molar-refractivity contribution in [3.8, 4) is 0 Å². The number of carbonyl (C=O) groups is 1. The molecule has 0 saturated heterocycles. The predicted octanol–water partition coefficient (Wildman–Crippen LogP) is 4.32. The minimum Gasteiger partial charge on any atom is -0.478 e. The standard InChI is InChI=1S/C16H16BrNO2/c1-2-11-5-3-4-6-12(11)10-18-15-8-13(16(19)20)7-14(17)9-15/h3-9,18H,2,10H2,1H3,(H,19,20). The minimum atomic E-state index is -0.927. The van der Waals surface area contributed by atoms with E-state index in [0.29, 0.717) is 6.54 Å². The van der Waals surface area contributed by atoms with E-state index in [-0.39, 0.29) is 5.56 Å². The summed E-state index contributed by atoms with van der Waals surface area (Å²) in [4.78, 5) is 11.0. The summed E-state index contributed by atoms with van der Waals surface area (Å²) >= 11 is 3.33. The number of aryl methyl sites for hydroxylation is 1. The van der Waals surface area contributed by atoms with Gasteiger partial charge in [0, 0.05) is 16.7 Å². The third-order valence-corrected chi connectivity index (χ3v) is 3.58. The Labute approximate surface area is 126 Å². The molecule has 0 aliphatic heterocycles. The van der Waals surface area contributed by atoms with Crippen LogP contribution >= 0.6 is 15.9 Å². The van der Waals surface area contributed by atoms with E-state index in [9.17, 15) is 4.79 Å². The van der Waals surface area contributed by atoms with Gasteiger partial charge in [-0.25, -0.2) is 4.79 Å². The van der Waals surface area contributed by atoms with E-state index in [1.54, 1.807) is 12.1 Å². The Balaban J connectivity index is 2.16. The zero-order valence-corrected chi connectivity index (χ0v) is 12.8. The fraction of sp³-hybridized carbons (Fsp3) is 0.188. The molecule has 0 heterocycles. The van der Waals surface area contributed by atoms with Gasteiger partial charge in [0.15, 0.2) is 0 Å². The van der Waals surface area contributed by atoms with Crippen LogP contribution in [0.15, 0.2) is 46.9 Å². The molecule has 20 heavy (non-hydrogen) atoms. The summed E-state index contributed by atoms with van der Waals surface area (Å²) < 4.78 is 0.753. The maximum Gasteiger partial charge on any atom is 0.335 e. The molecule has 0 unspecified atom stereocenters. The summed E-state index contributed by atoms with van der Waals surface area (Å²) in [7, 11) is 0. The number of benzene rings is 2. The number of hydrogen-bond donors (Lipinski definition) is 2. The first kappa shape index (κ1) is 14.6. The van der Waals surface area contributed by atoms with Crippen LogP contribution in [0.3, 0.4) is 0 Å². The molecule has 2 aromatic rings. The normalized spacial score (nSPS) is 10.3. The fourth-order valence-electron chi connectivity index (χ4n) is 2.09. The molecule has 0 radical (unpaired) electrons. The molecule has 0 aliphatic carbocycles. The van der Waals surface area contributed by atoms with Gasteiger partial charge in [-0.2, -0.15) is 0 Å². The molecular weight excluding hydrogens is 318 g/mol. The zero-order valence-electron chi connectivity index (χ0n) is 11.2. The Kier molecular flexibility index (Phi) is 4.79. The van der Waals surface area contributed by atoms with Crippen LogP contribution in [0.2, 0.25) is 0 Å². The SMILES string of the molecule is CCc1ccccc1CNc1cc(Br)cc(C(=O)O)c1. The van der Waals surface area contributed by atoms with Crippen LogP contribution in [0.4, 0.5) is 5.69 Å². The number of hydrogen-bond acceptors (Lipinski definition) is 2. The topological polar surface area (TPSA) is 49.3 Å². The van der Waals surface area contributed by atoms with Crippen molar-refractivity contribution < 1.29 is 9.90 Å². The van der Waals surface area contributed by atoms with Crippen LogP contribution in [-0.2, 0) is 13.0 Å². The first-order chi connectivity index (χ1) is 9.60. The second-order valence-corrected chi connectivity index (χ2v) is 5.43. The van der Waals surface area contributed by atoms with Crippen molar-refractivity contribution in [3.05, 3.63) is 63.6 Å². The second kappa shape index (κ2) is 6.57. The summed E-state index contributed by atoms with van der Waals surface area (Å²) in [5.74, 6) is -0.927. The van der Waals surface area contributed by atoms with E-state index < -0.39 is 5.97 Å². The van der Waals surface area contributed by atoms with Crippen LogP contribution in [0, 0.1) is 0 Å². The Hall–Kier alpha value is -1.81. The van der Waals surface area contributed by atoms with Gasteiger partial charge in [-0.1, -0.05) is 47.1 Å². The van der Waals surface area contributed by atoms with Gasteiger partial charge >= 0.3 is 5.97 Å². The smallest absolute Gasteiger partial charge is 0.335 e. The molecule has 2 N–H and O–H groups in total. The fourth-order valence-corrected chi connectivity index (χ4v) is 2.58. The van der Waals surface area contributed by atoms with Crippen LogP contribution in [0.25, 0.3) is 0 Å². The van der Waals surface area contributed by atoms with Gasteiger partial charge in [0.2, 0.25) is 0 Å². The number of carboxylic acid groups (broad SMARTS) is 1. The zero-order chi connectivity index (χ0) is 14.5. The Morgan fingerprint density at radius 2 is 1.90 bits per heavy atom. The lowest BCUT2D eigenvalue weighted by atomic mass is 10.1. The molecule has 0 fully saturated rings. The number of carboxylic acids is 1. The lowest BCUT2D eigenvalue weighted by Gasteiger charge is -2.11. The largest absolute Gasteiger partial charge is 0.478 e. The van der Waals surface area contributed by atoms with Gasteiger partial charge in [0.05, 0.1) is 5.56 Å². The number of rotatable bonds is 5. The average Bonchev–Trinajstić information content (AvgIpc) is 2.44. The highest BCUT2D eigenvalue weighted by molar-refractivity contribution is 9.10. The molecule has 4 heteroatoms. The first-order valence-corrected chi connectivity index (χ1v) is 7.24. The van der Waals surface area contributed by atoms with E-state index in [1.807, 2.05) is 18.2 Å². The van der Waals surface area contributed by atoms with Gasteiger partial charge in [-0.3, -0.25) is 0 Å². The maximum atomic E-state index is 11.0. The Bertz CT molecular complexity index is 626. The number of nitrogens with one attached hydrogen (secondary N) is 1. The van der Waals surface area contributed by atoms with Gasteiger partial charge in [0.25, 0.3) is 0 Å². The van der Waals surface area contributed by atoms with Crippen molar-refractivity contribution in [2.75, 3.05) is 5.32 Å². The van der Waals surface area contributed by atoms with Crippen LogP contribution in [0.1, 0.15) is 28.4 Å². The first-order valence-electron chi connectivity index (χ1n) is 6.44. The maximum absolute atomic E-state index is 11.0. The van der Waals surface area contributed by atoms with Crippen LogP contribution < -0.4 is 5.32 Å². The van der Waals surface area contributed by atoms with Crippen molar-refractivity contribution in [1.29, 1.82) is 0 Å². The highest BCUT2D eigenvalue weighted by Crippen LogP contribution is 2.21. The van der Waals surface area contributed by atoms with Crippen LogP contribution in [-0.4, -0.2) is 11.1 Å². The third-order valence-electron chi connectivity index (χ3n) is 3.13. The van der Waals surface area contributed by atoms with Crippen molar-refractivity contribution in [3.63, 3.8) is 0 Å². The molecule has 2 aromatic carbocycles. The highest BCUT2D eigenvalue weighted by Gasteiger charge is 2.06. The molecule has 0 amide bonds. The third kappa shape index (κ3) is 3.61. The van der Waals surface area contributed by atoms with Crippen molar-refractivity contribution >= 4 is 27.6 Å². The van der Waals surface area contributed by atoms with Crippen molar-refractivity contribution in [1.82, 2.24) is 0 Å². The summed E-state index contributed by atoms with van der Waals surface area (Å²) in [6.45, 7) is 2.81. The lowest BCUT2D eigenvalue weighted by Crippen LogP contribution is -2.04. The number of anilines is 1. The minimum absolute atomic E-state index is 0.269. The molecule has 104 valence electrons. The summed E-state index contributed by atoms with van der Waals surface area (Å²) in [6, 6.07) is 13.3. The number of halogens is 1. The van der Waals surface area contributed by atoms with E-state index in [4.69, 9.17) is 5.11 Å². The summed E-state index contributed by atoms with van der Waals surface area (Å²) in [5, 5.41) is 12.3. The predicted molar refractivity (Wildman–Crippen MR) is 84.2 cm³/mol. The van der Waals surface area contributed by atoms with Crippen molar-refractivity contribution in [2.45, 2.75) is 19.9 Å². The summed E-state index contributed by atoms with van der Waals surface area (Å²) in [6.07, 6.45) is 0.983. The van der Waals surface area contributed by atoms with Gasteiger partial charge < -0.3 is 10.4 Å². The molecule has 0 saturated carbocycles. The Morgan fingerprint density at radius 1 is 1.20 bits per heavy atom.